The predicted octanol–water partition coefficient (Wildman–Crippen LogP) is 3.59. The lowest BCUT2D eigenvalue weighted by Crippen LogP contribution is -2.02. The Kier molecular flexibility index (Phi) is 4.37. The number of nitrogens with zero attached hydrogens (tertiary/aromatic N) is 2. The third kappa shape index (κ3) is 3.23. The number of benzene rings is 1. The van der Waals surface area contributed by atoms with Crippen molar-refractivity contribution in [1.82, 2.24) is 9.59 Å². The first-order chi connectivity index (χ1) is 9.11. The zero-order valence-electron chi connectivity index (χ0n) is 11.7. The molecule has 1 aromatic heterocycles. The smallest absolute Gasteiger partial charge is 0.136 e. The van der Waals surface area contributed by atoms with Crippen LogP contribution < -0.4 is 10.1 Å². The van der Waals surface area contributed by atoms with Gasteiger partial charge in [-0.2, -0.15) is 0 Å². The molecule has 0 aliphatic carbocycles. The lowest BCUT2D eigenvalue weighted by molar-refractivity contribution is 0.297. The monoisotopic (exact) mass is 277 g/mol. The summed E-state index contributed by atoms with van der Waals surface area (Å²) in [4.78, 5) is 0. The minimum absolute atomic E-state index is 0.438. The summed E-state index contributed by atoms with van der Waals surface area (Å²) in [5, 5.41) is 8.11. The van der Waals surface area contributed by atoms with E-state index in [1.807, 2.05) is 7.05 Å². The van der Waals surface area contributed by atoms with Crippen LogP contribution in [0.3, 0.4) is 0 Å². The van der Waals surface area contributed by atoms with Gasteiger partial charge in [0.1, 0.15) is 23.1 Å². The van der Waals surface area contributed by atoms with Gasteiger partial charge in [0.15, 0.2) is 0 Å². The molecule has 0 aliphatic rings. The van der Waals surface area contributed by atoms with Crippen LogP contribution in [0.4, 0.5) is 5.00 Å². The maximum absolute atomic E-state index is 5.93. The van der Waals surface area contributed by atoms with Gasteiger partial charge in [-0.1, -0.05) is 30.5 Å². The number of anilines is 1. The summed E-state index contributed by atoms with van der Waals surface area (Å²) in [7, 11) is 1.87. The highest BCUT2D eigenvalue weighted by atomic mass is 32.1. The molecule has 0 amide bonds. The van der Waals surface area contributed by atoms with Crippen LogP contribution in [0, 0.1) is 6.92 Å². The topological polar surface area (TPSA) is 47.0 Å². The number of aromatic nitrogens is 2. The van der Waals surface area contributed by atoms with Crippen LogP contribution in [0.15, 0.2) is 18.2 Å². The number of hydrogen-bond donors (Lipinski definition) is 1. The summed E-state index contributed by atoms with van der Waals surface area (Å²) in [6.07, 6.45) is 0. The van der Waals surface area contributed by atoms with Gasteiger partial charge in [-0.15, -0.1) is 5.10 Å². The van der Waals surface area contributed by atoms with Crippen LogP contribution in [-0.4, -0.2) is 16.6 Å². The largest absolute Gasteiger partial charge is 0.487 e. The molecule has 0 atom stereocenters. The van der Waals surface area contributed by atoms with Crippen molar-refractivity contribution < 1.29 is 4.74 Å². The summed E-state index contributed by atoms with van der Waals surface area (Å²) in [6.45, 7) is 6.85. The molecular formula is C14H19N3OS. The Morgan fingerprint density at radius 3 is 2.84 bits per heavy atom. The minimum atomic E-state index is 0.438. The number of rotatable bonds is 5. The zero-order valence-corrected chi connectivity index (χ0v) is 12.5. The number of nitrogens with one attached hydrogen (secondary N) is 1. The standard InChI is InChI=1S/C14H19N3OS/c1-9(2)11-6-5-10(3)7-13(11)18-8-12-14(15-4)19-17-16-12/h5-7,9,15H,8H2,1-4H3. The van der Waals surface area contributed by atoms with E-state index < -0.39 is 0 Å². The fourth-order valence-electron chi connectivity index (χ4n) is 1.88. The first-order valence-corrected chi connectivity index (χ1v) is 7.11. The van der Waals surface area contributed by atoms with Crippen LogP contribution >= 0.6 is 11.5 Å². The Bertz CT molecular complexity index is 551. The van der Waals surface area contributed by atoms with Crippen LogP contribution in [-0.2, 0) is 6.61 Å². The molecule has 0 radical (unpaired) electrons. The van der Waals surface area contributed by atoms with Crippen molar-refractivity contribution in [1.29, 1.82) is 0 Å². The Labute approximate surface area is 118 Å². The Hall–Kier alpha value is -1.62. The maximum atomic E-state index is 5.93. The Morgan fingerprint density at radius 2 is 2.16 bits per heavy atom. The Balaban J connectivity index is 2.17. The second-order valence-corrected chi connectivity index (χ2v) is 5.54. The summed E-state index contributed by atoms with van der Waals surface area (Å²) < 4.78 is 9.86. The van der Waals surface area contributed by atoms with Gasteiger partial charge in [0.05, 0.1) is 0 Å². The third-order valence-electron chi connectivity index (χ3n) is 2.94. The molecular weight excluding hydrogens is 258 g/mol. The summed E-state index contributed by atoms with van der Waals surface area (Å²) in [6, 6.07) is 6.33. The van der Waals surface area contributed by atoms with E-state index in [1.54, 1.807) is 0 Å². The van der Waals surface area contributed by atoms with Crippen molar-refractivity contribution in [2.24, 2.45) is 0 Å². The molecule has 0 fully saturated rings. The highest BCUT2D eigenvalue weighted by Crippen LogP contribution is 2.29. The van der Waals surface area contributed by atoms with Gasteiger partial charge in [-0.25, -0.2) is 0 Å². The van der Waals surface area contributed by atoms with Crippen molar-refractivity contribution >= 4 is 16.5 Å². The molecule has 4 nitrogen and oxygen atoms in total. The molecule has 19 heavy (non-hydrogen) atoms. The quantitative estimate of drug-likeness (QED) is 0.907. The van der Waals surface area contributed by atoms with Crippen LogP contribution in [0.2, 0.25) is 0 Å². The first kappa shape index (κ1) is 13.8. The van der Waals surface area contributed by atoms with E-state index in [2.05, 4.69) is 53.9 Å². The molecule has 0 unspecified atom stereocenters. The summed E-state index contributed by atoms with van der Waals surface area (Å²) in [5.41, 5.74) is 3.27. The molecule has 102 valence electrons. The van der Waals surface area contributed by atoms with Gasteiger partial charge in [0.25, 0.3) is 0 Å². The fourth-order valence-corrected chi connectivity index (χ4v) is 2.40. The van der Waals surface area contributed by atoms with Gasteiger partial charge in [0, 0.05) is 18.6 Å². The van der Waals surface area contributed by atoms with E-state index in [0.717, 1.165) is 16.4 Å². The van der Waals surface area contributed by atoms with Crippen LogP contribution in [0.25, 0.3) is 0 Å². The summed E-state index contributed by atoms with van der Waals surface area (Å²) in [5.74, 6) is 1.37. The van der Waals surface area contributed by atoms with Crippen LogP contribution in [0.1, 0.15) is 36.6 Å². The second-order valence-electron chi connectivity index (χ2n) is 4.78. The van der Waals surface area contributed by atoms with E-state index in [-0.39, 0.29) is 0 Å². The highest BCUT2D eigenvalue weighted by molar-refractivity contribution is 7.10. The molecule has 5 heteroatoms. The minimum Gasteiger partial charge on any atom is -0.487 e. The molecule has 1 aromatic carbocycles. The van der Waals surface area contributed by atoms with Crippen molar-refractivity contribution in [2.45, 2.75) is 33.3 Å². The molecule has 0 saturated heterocycles. The van der Waals surface area contributed by atoms with Gasteiger partial charge in [-0.05, 0) is 30.0 Å². The molecule has 1 N–H and O–H groups in total. The van der Waals surface area contributed by atoms with Gasteiger partial charge >= 0.3 is 0 Å². The predicted molar refractivity (Wildman–Crippen MR) is 79.1 cm³/mol. The zero-order chi connectivity index (χ0) is 13.8. The number of ether oxygens (including phenoxy) is 1. The molecule has 0 aliphatic heterocycles. The second kappa shape index (κ2) is 6.02. The average Bonchev–Trinajstić information content (AvgIpc) is 2.83. The lowest BCUT2D eigenvalue weighted by Gasteiger charge is -2.14. The first-order valence-electron chi connectivity index (χ1n) is 6.34. The normalized spacial score (nSPS) is 10.8. The van der Waals surface area contributed by atoms with Crippen molar-refractivity contribution in [2.75, 3.05) is 12.4 Å². The van der Waals surface area contributed by atoms with E-state index in [4.69, 9.17) is 4.74 Å². The maximum Gasteiger partial charge on any atom is 0.136 e. The average molecular weight is 277 g/mol. The van der Waals surface area contributed by atoms with Gasteiger partial charge in [0.2, 0.25) is 0 Å². The van der Waals surface area contributed by atoms with Gasteiger partial charge < -0.3 is 10.1 Å². The van der Waals surface area contributed by atoms with Gasteiger partial charge in [-0.3, -0.25) is 0 Å². The third-order valence-corrected chi connectivity index (χ3v) is 3.72. The highest BCUT2D eigenvalue weighted by Gasteiger charge is 2.11. The van der Waals surface area contributed by atoms with E-state index in [1.165, 1.54) is 22.7 Å². The molecule has 0 spiro atoms. The van der Waals surface area contributed by atoms with E-state index in [0.29, 0.717) is 12.5 Å². The summed E-state index contributed by atoms with van der Waals surface area (Å²) >= 11 is 1.35. The van der Waals surface area contributed by atoms with Crippen molar-refractivity contribution in [3.05, 3.63) is 35.0 Å². The Morgan fingerprint density at radius 1 is 1.37 bits per heavy atom. The van der Waals surface area contributed by atoms with Crippen LogP contribution in [0.5, 0.6) is 5.75 Å². The molecule has 1 heterocycles. The number of hydrogen-bond acceptors (Lipinski definition) is 5. The molecule has 2 rings (SSSR count). The van der Waals surface area contributed by atoms with E-state index >= 15 is 0 Å². The molecule has 0 bridgehead atoms. The van der Waals surface area contributed by atoms with Crippen molar-refractivity contribution in [3.8, 4) is 5.75 Å². The van der Waals surface area contributed by atoms with Crippen molar-refractivity contribution in [3.63, 3.8) is 0 Å². The van der Waals surface area contributed by atoms with E-state index in [9.17, 15) is 0 Å². The SMILES string of the molecule is CNc1snnc1COc1cc(C)ccc1C(C)C. The number of aryl methyl sites for hydroxylation is 1. The molecule has 0 saturated carbocycles. The molecule has 2 aromatic rings. The lowest BCUT2D eigenvalue weighted by atomic mass is 10.0. The fraction of sp³-hybridized carbons (Fsp3) is 0.429.